The van der Waals surface area contributed by atoms with Gasteiger partial charge in [-0.25, -0.2) is 18.4 Å². The molecule has 1 N–H and O–H groups in total. The van der Waals surface area contributed by atoms with Crippen LogP contribution in [-0.2, 0) is 9.84 Å². The number of rotatable bonds is 4. The molecule has 1 aromatic carbocycles. The van der Waals surface area contributed by atoms with Crippen LogP contribution < -0.4 is 10.2 Å². The number of nitrogens with one attached hydrogen (secondary N) is 1. The zero-order valence-electron chi connectivity index (χ0n) is 13.6. The molecule has 2 heterocycles. The lowest BCUT2D eigenvalue weighted by Gasteiger charge is -2.32. The van der Waals surface area contributed by atoms with Crippen LogP contribution in [0.2, 0.25) is 0 Å². The fraction of sp³-hybridized carbons (Fsp3) is 0.375. The first kappa shape index (κ1) is 18.4. The molecular weight excluding hydrogens is 369 g/mol. The fourth-order valence-corrected chi connectivity index (χ4v) is 3.57. The highest BCUT2D eigenvalue weighted by atomic mass is 32.2. The van der Waals surface area contributed by atoms with E-state index < -0.39 is 20.2 Å². The quantitative estimate of drug-likeness (QED) is 0.872. The Labute approximate surface area is 149 Å². The summed E-state index contributed by atoms with van der Waals surface area (Å²) in [6, 6.07) is 6.44. The second-order valence-corrected chi connectivity index (χ2v) is 7.81. The summed E-state index contributed by atoms with van der Waals surface area (Å²) in [5.74, 6) is 0.587. The standard InChI is InChI=1S/C16H16F3N4O2S/c17-16(18,19)26(24,25)14-4-1-3-13(11-14)22-12-5-9-23(10-6-12)15-20-7-2-8-21-15/h1-4,7,11-12,22H,5-6,9-10H2. The number of halogens is 3. The van der Waals surface area contributed by atoms with Crippen LogP contribution >= 0.6 is 0 Å². The Hall–Kier alpha value is -2.36. The Morgan fingerprint density at radius 2 is 1.96 bits per heavy atom. The fourth-order valence-electron chi connectivity index (χ4n) is 2.76. The van der Waals surface area contributed by atoms with Crippen LogP contribution in [0, 0.1) is 6.20 Å². The lowest BCUT2D eigenvalue weighted by Crippen LogP contribution is -2.40. The molecule has 1 radical (unpaired) electrons. The van der Waals surface area contributed by atoms with Crippen LogP contribution in [-0.4, -0.2) is 43.0 Å². The van der Waals surface area contributed by atoms with E-state index in [4.69, 9.17) is 0 Å². The summed E-state index contributed by atoms with van der Waals surface area (Å²) in [7, 11) is -5.35. The van der Waals surface area contributed by atoms with Gasteiger partial charge in [-0.15, -0.1) is 0 Å². The monoisotopic (exact) mass is 385 g/mol. The van der Waals surface area contributed by atoms with E-state index in [-0.39, 0.29) is 6.04 Å². The number of aromatic nitrogens is 2. The molecule has 1 aliphatic rings. The van der Waals surface area contributed by atoms with Crippen LogP contribution in [0.25, 0.3) is 0 Å². The summed E-state index contributed by atoms with van der Waals surface area (Å²) in [5.41, 5.74) is -4.97. The van der Waals surface area contributed by atoms with Crippen molar-refractivity contribution in [3.63, 3.8) is 0 Å². The predicted molar refractivity (Wildman–Crippen MR) is 89.4 cm³/mol. The predicted octanol–water partition coefficient (Wildman–Crippen LogP) is 2.65. The largest absolute Gasteiger partial charge is 0.501 e. The molecule has 0 amide bonds. The molecule has 1 aromatic heterocycles. The van der Waals surface area contributed by atoms with Gasteiger partial charge in [0.15, 0.2) is 0 Å². The SMILES string of the molecule is O=S(=O)(c1cccc(NC2CCN(c3n[c]ccn3)CC2)c1)C(F)(F)F. The third-order valence-corrected chi connectivity index (χ3v) is 5.59. The van der Waals surface area contributed by atoms with Gasteiger partial charge in [0.1, 0.15) is 0 Å². The molecular formula is C16H16F3N4O2S. The molecule has 0 unspecified atom stereocenters. The zero-order chi connectivity index (χ0) is 18.8. The van der Waals surface area contributed by atoms with Gasteiger partial charge in [-0.2, -0.15) is 13.2 Å². The molecule has 6 nitrogen and oxygen atoms in total. The molecule has 0 saturated carbocycles. The highest BCUT2D eigenvalue weighted by Crippen LogP contribution is 2.31. The molecule has 3 rings (SSSR count). The number of nitrogens with zero attached hydrogens (tertiary/aromatic N) is 3. The number of piperidine rings is 1. The normalized spacial score (nSPS) is 16.5. The smallest absolute Gasteiger partial charge is 0.382 e. The minimum atomic E-state index is -5.35. The highest BCUT2D eigenvalue weighted by Gasteiger charge is 2.46. The van der Waals surface area contributed by atoms with Crippen LogP contribution in [0.3, 0.4) is 0 Å². The molecule has 139 valence electrons. The van der Waals surface area contributed by atoms with Crippen molar-refractivity contribution < 1.29 is 21.6 Å². The van der Waals surface area contributed by atoms with Crippen LogP contribution in [0.1, 0.15) is 12.8 Å². The number of benzene rings is 1. The molecule has 0 bridgehead atoms. The van der Waals surface area contributed by atoms with Crippen molar-refractivity contribution in [2.45, 2.75) is 29.3 Å². The van der Waals surface area contributed by atoms with Crippen molar-refractivity contribution in [2.24, 2.45) is 0 Å². The summed E-state index contributed by atoms with van der Waals surface area (Å²) in [6.45, 7) is 1.35. The number of alkyl halides is 3. The van der Waals surface area contributed by atoms with E-state index in [9.17, 15) is 21.6 Å². The first-order valence-electron chi connectivity index (χ1n) is 7.89. The van der Waals surface area contributed by atoms with E-state index in [1.165, 1.54) is 6.07 Å². The van der Waals surface area contributed by atoms with Crippen LogP contribution in [0.5, 0.6) is 0 Å². The van der Waals surface area contributed by atoms with Gasteiger partial charge in [-0.3, -0.25) is 0 Å². The van der Waals surface area contributed by atoms with E-state index in [1.807, 2.05) is 4.90 Å². The van der Waals surface area contributed by atoms with Gasteiger partial charge >= 0.3 is 5.51 Å². The van der Waals surface area contributed by atoms with Crippen molar-refractivity contribution in [1.82, 2.24) is 9.97 Å². The Morgan fingerprint density at radius 1 is 1.23 bits per heavy atom. The lowest BCUT2D eigenvalue weighted by molar-refractivity contribution is -0.0435. The summed E-state index contributed by atoms with van der Waals surface area (Å²) >= 11 is 0. The van der Waals surface area contributed by atoms with Crippen molar-refractivity contribution in [2.75, 3.05) is 23.3 Å². The molecule has 1 saturated heterocycles. The van der Waals surface area contributed by atoms with Gasteiger partial charge in [0, 0.05) is 31.0 Å². The average Bonchev–Trinajstić information content (AvgIpc) is 2.62. The van der Waals surface area contributed by atoms with Gasteiger partial charge in [0.2, 0.25) is 5.95 Å². The molecule has 10 heteroatoms. The van der Waals surface area contributed by atoms with Crippen molar-refractivity contribution >= 4 is 21.5 Å². The molecule has 0 aliphatic carbocycles. The van der Waals surface area contributed by atoms with Crippen molar-refractivity contribution in [3.05, 3.63) is 42.7 Å². The maximum absolute atomic E-state index is 12.7. The average molecular weight is 385 g/mol. The molecule has 1 fully saturated rings. The number of hydrogen-bond acceptors (Lipinski definition) is 6. The van der Waals surface area contributed by atoms with Crippen molar-refractivity contribution in [1.29, 1.82) is 0 Å². The van der Waals surface area contributed by atoms with Gasteiger partial charge < -0.3 is 10.2 Å². The Balaban J connectivity index is 1.65. The molecule has 26 heavy (non-hydrogen) atoms. The summed E-state index contributed by atoms with van der Waals surface area (Å²) in [4.78, 5) is 9.47. The van der Waals surface area contributed by atoms with Gasteiger partial charge in [-0.05, 0) is 37.1 Å². The lowest BCUT2D eigenvalue weighted by atomic mass is 10.0. The summed E-state index contributed by atoms with van der Waals surface area (Å²) in [6.07, 6.45) is 5.77. The number of hydrogen-bond donors (Lipinski definition) is 1. The highest BCUT2D eigenvalue weighted by molar-refractivity contribution is 7.92. The topological polar surface area (TPSA) is 75.2 Å². The minimum absolute atomic E-state index is 0.0165. The molecule has 1 aliphatic heterocycles. The molecule has 2 aromatic rings. The first-order chi connectivity index (χ1) is 12.3. The molecule has 0 spiro atoms. The minimum Gasteiger partial charge on any atom is -0.382 e. The summed E-state index contributed by atoms with van der Waals surface area (Å²) < 4.78 is 61.1. The van der Waals surface area contributed by atoms with Crippen molar-refractivity contribution in [3.8, 4) is 0 Å². The maximum atomic E-state index is 12.7. The number of sulfone groups is 1. The number of anilines is 2. The van der Waals surface area contributed by atoms with E-state index in [0.717, 1.165) is 12.1 Å². The van der Waals surface area contributed by atoms with Crippen LogP contribution in [0.15, 0.2) is 41.4 Å². The van der Waals surface area contributed by atoms with E-state index in [2.05, 4.69) is 21.5 Å². The first-order valence-corrected chi connectivity index (χ1v) is 9.38. The Morgan fingerprint density at radius 3 is 2.58 bits per heavy atom. The molecule has 0 atom stereocenters. The van der Waals surface area contributed by atoms with E-state index in [0.29, 0.717) is 37.6 Å². The zero-order valence-corrected chi connectivity index (χ0v) is 14.4. The van der Waals surface area contributed by atoms with E-state index >= 15 is 0 Å². The van der Waals surface area contributed by atoms with E-state index in [1.54, 1.807) is 18.3 Å². The summed E-state index contributed by atoms with van der Waals surface area (Å²) in [5, 5.41) is 3.11. The Kier molecular flexibility index (Phi) is 5.03. The third-order valence-electron chi connectivity index (χ3n) is 4.10. The maximum Gasteiger partial charge on any atom is 0.501 e. The second-order valence-electron chi connectivity index (χ2n) is 5.87. The van der Waals surface area contributed by atoms with Gasteiger partial charge in [0.25, 0.3) is 9.84 Å². The second kappa shape index (κ2) is 7.10. The van der Waals surface area contributed by atoms with Gasteiger partial charge in [-0.1, -0.05) is 6.07 Å². The van der Waals surface area contributed by atoms with Crippen LogP contribution in [0.4, 0.5) is 24.8 Å². The third kappa shape index (κ3) is 3.90. The van der Waals surface area contributed by atoms with Gasteiger partial charge in [0.05, 0.1) is 11.1 Å². The Bertz CT molecular complexity index is 851.